The van der Waals surface area contributed by atoms with Crippen molar-refractivity contribution in [3.8, 4) is 0 Å². The maximum absolute atomic E-state index is 13.6. The molecule has 2 atom stereocenters. The summed E-state index contributed by atoms with van der Waals surface area (Å²) in [6, 6.07) is 7.73. The van der Waals surface area contributed by atoms with E-state index in [1.165, 1.54) is 11.3 Å². The number of aryl methyl sites for hydroxylation is 1. The highest BCUT2D eigenvalue weighted by Gasteiger charge is 2.56. The summed E-state index contributed by atoms with van der Waals surface area (Å²) < 4.78 is 0. The Morgan fingerprint density at radius 3 is 2.71 bits per heavy atom. The van der Waals surface area contributed by atoms with Crippen molar-refractivity contribution in [1.29, 1.82) is 0 Å². The number of hydrogen-bond donors (Lipinski definition) is 1. The first kappa shape index (κ1) is 19.1. The van der Waals surface area contributed by atoms with Gasteiger partial charge in [-0.05, 0) is 44.7 Å². The first-order valence-electron chi connectivity index (χ1n) is 10.1. The van der Waals surface area contributed by atoms with Crippen molar-refractivity contribution in [1.82, 2.24) is 9.88 Å². The summed E-state index contributed by atoms with van der Waals surface area (Å²) >= 11 is 1.44. The zero-order chi connectivity index (χ0) is 19.9. The molecule has 6 heteroatoms. The Labute approximate surface area is 170 Å². The van der Waals surface area contributed by atoms with E-state index in [9.17, 15) is 9.59 Å². The van der Waals surface area contributed by atoms with Gasteiger partial charge >= 0.3 is 0 Å². The maximum atomic E-state index is 13.6. The monoisotopic (exact) mass is 397 g/mol. The normalized spacial score (nSPS) is 21.6. The largest absolute Gasteiger partial charge is 0.329 e. The number of carbonyl (C=O) groups is 2. The van der Waals surface area contributed by atoms with Crippen molar-refractivity contribution >= 4 is 28.3 Å². The minimum absolute atomic E-state index is 0.0514. The van der Waals surface area contributed by atoms with Crippen LogP contribution in [0.1, 0.15) is 73.5 Å². The molecule has 2 heterocycles. The Hall–Kier alpha value is -2.21. The molecule has 0 unspecified atom stereocenters. The number of nitrogens with one attached hydrogen (secondary N) is 1. The first-order chi connectivity index (χ1) is 13.5. The molecule has 28 heavy (non-hydrogen) atoms. The standard InChI is InChI=1S/C22H27N3O2S/c1-4-15(3)25-20(27)17-10-6-5-9-16(17)18(22(25)11-7-8-12-22)19(26)24-21-23-14(2)13-28-21/h5-6,9-10,13,15,18H,4,7-8,11-12H2,1-3H3,(H,23,24,26)/t15-,18+/m0/s1. The van der Waals surface area contributed by atoms with Crippen molar-refractivity contribution in [3.63, 3.8) is 0 Å². The number of aromatic nitrogens is 1. The van der Waals surface area contributed by atoms with E-state index in [1.54, 1.807) is 0 Å². The minimum atomic E-state index is -0.447. The molecule has 1 saturated carbocycles. The Balaban J connectivity index is 1.83. The van der Waals surface area contributed by atoms with E-state index >= 15 is 0 Å². The smallest absolute Gasteiger partial charge is 0.254 e. The molecule has 2 aliphatic rings. The minimum Gasteiger partial charge on any atom is -0.329 e. The van der Waals surface area contributed by atoms with Crippen LogP contribution in [0.4, 0.5) is 5.13 Å². The molecule has 2 aromatic rings. The predicted molar refractivity (Wildman–Crippen MR) is 112 cm³/mol. The number of hydrogen-bond acceptors (Lipinski definition) is 4. The molecule has 1 spiro atoms. The van der Waals surface area contributed by atoms with E-state index < -0.39 is 5.54 Å². The molecule has 4 rings (SSSR count). The number of nitrogens with zero attached hydrogens (tertiary/aromatic N) is 2. The molecule has 1 N–H and O–H groups in total. The molecule has 1 aliphatic carbocycles. The summed E-state index contributed by atoms with van der Waals surface area (Å²) in [6.45, 7) is 6.13. The quantitative estimate of drug-likeness (QED) is 0.810. The molecular weight excluding hydrogens is 370 g/mol. The van der Waals surface area contributed by atoms with Gasteiger partial charge in [0.05, 0.1) is 17.2 Å². The van der Waals surface area contributed by atoms with Crippen LogP contribution < -0.4 is 5.32 Å². The van der Waals surface area contributed by atoms with Crippen LogP contribution in [-0.2, 0) is 4.79 Å². The average Bonchev–Trinajstić information content (AvgIpc) is 3.31. The third-order valence-electron chi connectivity index (χ3n) is 6.35. The summed E-state index contributed by atoms with van der Waals surface area (Å²) in [5.74, 6) is -0.354. The topological polar surface area (TPSA) is 62.3 Å². The Kier molecular flexibility index (Phi) is 5.00. The van der Waals surface area contributed by atoms with Gasteiger partial charge in [0.25, 0.3) is 5.91 Å². The fraction of sp³-hybridized carbons (Fsp3) is 0.500. The molecule has 1 aromatic carbocycles. The lowest BCUT2D eigenvalue weighted by molar-refractivity contribution is -0.121. The molecule has 0 radical (unpaired) electrons. The summed E-state index contributed by atoms with van der Waals surface area (Å²) in [5.41, 5.74) is 1.98. The van der Waals surface area contributed by atoms with Crippen LogP contribution in [-0.4, -0.2) is 33.3 Å². The van der Waals surface area contributed by atoms with Crippen molar-refractivity contribution in [3.05, 3.63) is 46.5 Å². The molecule has 1 aliphatic heterocycles. The Morgan fingerprint density at radius 1 is 1.36 bits per heavy atom. The molecule has 148 valence electrons. The fourth-order valence-corrected chi connectivity index (χ4v) is 5.71. The van der Waals surface area contributed by atoms with Crippen LogP contribution >= 0.6 is 11.3 Å². The zero-order valence-electron chi connectivity index (χ0n) is 16.7. The number of anilines is 1. The zero-order valence-corrected chi connectivity index (χ0v) is 17.5. The van der Waals surface area contributed by atoms with Crippen molar-refractivity contribution in [2.75, 3.05) is 5.32 Å². The van der Waals surface area contributed by atoms with Gasteiger partial charge in [-0.2, -0.15) is 0 Å². The van der Waals surface area contributed by atoms with E-state index in [4.69, 9.17) is 0 Å². The van der Waals surface area contributed by atoms with Gasteiger partial charge in [-0.15, -0.1) is 11.3 Å². The van der Waals surface area contributed by atoms with Crippen LogP contribution in [0.25, 0.3) is 0 Å². The highest BCUT2D eigenvalue weighted by atomic mass is 32.1. The Morgan fingerprint density at radius 2 is 2.07 bits per heavy atom. The third-order valence-corrected chi connectivity index (χ3v) is 7.23. The van der Waals surface area contributed by atoms with Crippen molar-refractivity contribution < 1.29 is 9.59 Å². The maximum Gasteiger partial charge on any atom is 0.254 e. The van der Waals surface area contributed by atoms with Crippen LogP contribution in [0.3, 0.4) is 0 Å². The summed E-state index contributed by atoms with van der Waals surface area (Å²) in [7, 11) is 0. The van der Waals surface area contributed by atoms with Gasteiger partial charge < -0.3 is 10.2 Å². The molecule has 0 saturated heterocycles. The van der Waals surface area contributed by atoms with E-state index in [0.29, 0.717) is 10.7 Å². The van der Waals surface area contributed by atoms with Crippen molar-refractivity contribution in [2.24, 2.45) is 0 Å². The summed E-state index contributed by atoms with van der Waals surface area (Å²) in [5, 5.41) is 5.61. The second-order valence-electron chi connectivity index (χ2n) is 8.05. The predicted octanol–water partition coefficient (Wildman–Crippen LogP) is 4.74. The highest BCUT2D eigenvalue weighted by Crippen LogP contribution is 2.51. The van der Waals surface area contributed by atoms with Crippen LogP contribution in [0.15, 0.2) is 29.6 Å². The first-order valence-corrected chi connectivity index (χ1v) is 11.0. The summed E-state index contributed by atoms with van der Waals surface area (Å²) in [6.07, 6.45) is 4.69. The summed E-state index contributed by atoms with van der Waals surface area (Å²) in [4.78, 5) is 33.5. The number of amides is 2. The van der Waals surface area contributed by atoms with E-state index in [-0.39, 0.29) is 23.8 Å². The highest BCUT2D eigenvalue weighted by molar-refractivity contribution is 7.13. The number of rotatable bonds is 4. The van der Waals surface area contributed by atoms with Gasteiger partial charge in [0, 0.05) is 17.0 Å². The second-order valence-corrected chi connectivity index (χ2v) is 8.90. The molecule has 1 fully saturated rings. The van der Waals surface area contributed by atoms with Gasteiger partial charge in [0.15, 0.2) is 5.13 Å². The lowest BCUT2D eigenvalue weighted by Gasteiger charge is -2.52. The number of benzene rings is 1. The fourth-order valence-electron chi connectivity index (χ4n) is 5.02. The number of thiazole rings is 1. The lowest BCUT2D eigenvalue weighted by Crippen LogP contribution is -2.62. The van der Waals surface area contributed by atoms with Gasteiger partial charge in [-0.3, -0.25) is 9.59 Å². The second kappa shape index (κ2) is 7.32. The number of fused-ring (bicyclic) bond motifs is 1. The van der Waals surface area contributed by atoms with Crippen LogP contribution in [0.2, 0.25) is 0 Å². The molecule has 1 aromatic heterocycles. The van der Waals surface area contributed by atoms with E-state index in [0.717, 1.165) is 43.4 Å². The Bertz CT molecular complexity index is 901. The molecule has 0 bridgehead atoms. The molecular formula is C22H27N3O2S. The van der Waals surface area contributed by atoms with Crippen molar-refractivity contribution in [2.45, 2.75) is 70.4 Å². The third kappa shape index (κ3) is 2.94. The van der Waals surface area contributed by atoms with E-state index in [1.807, 2.05) is 41.5 Å². The van der Waals surface area contributed by atoms with Crippen LogP contribution in [0, 0.1) is 6.92 Å². The molecule has 5 nitrogen and oxygen atoms in total. The number of carbonyl (C=O) groups excluding carboxylic acids is 2. The lowest BCUT2D eigenvalue weighted by atomic mass is 9.70. The SMILES string of the molecule is CC[C@H](C)N1C(=O)c2ccccc2[C@H](C(=O)Nc2nc(C)cs2)C12CCCC2. The van der Waals surface area contributed by atoms with Gasteiger partial charge in [0.2, 0.25) is 5.91 Å². The van der Waals surface area contributed by atoms with E-state index in [2.05, 4.69) is 24.1 Å². The average molecular weight is 398 g/mol. The van der Waals surface area contributed by atoms with Crippen LogP contribution in [0.5, 0.6) is 0 Å². The van der Waals surface area contributed by atoms with Gasteiger partial charge in [-0.25, -0.2) is 4.98 Å². The van der Waals surface area contributed by atoms with Gasteiger partial charge in [0.1, 0.15) is 0 Å². The van der Waals surface area contributed by atoms with Gasteiger partial charge in [-0.1, -0.05) is 38.0 Å². The molecule has 2 amide bonds.